The third kappa shape index (κ3) is 4.53. The van der Waals surface area contributed by atoms with Gasteiger partial charge in [-0.1, -0.05) is 22.6 Å². The minimum Gasteiger partial charge on any atom is -0.477 e. The Hall–Kier alpha value is -4.24. The fraction of sp³-hybridized carbons (Fsp3) is 0.227. The van der Waals surface area contributed by atoms with Gasteiger partial charge in [0, 0.05) is 17.4 Å². The topological polar surface area (TPSA) is 190 Å². The molecule has 1 fully saturated rings. The van der Waals surface area contributed by atoms with Crippen LogP contribution in [-0.4, -0.2) is 67.7 Å². The minimum absolute atomic E-state index is 0.0899. The zero-order chi connectivity index (χ0) is 26.3. The Labute approximate surface area is 217 Å². The molecule has 5 heterocycles. The predicted molar refractivity (Wildman–Crippen MR) is 136 cm³/mol. The number of rotatable bonds is 7. The van der Waals surface area contributed by atoms with Crippen molar-refractivity contribution in [1.29, 1.82) is 0 Å². The normalized spacial score (nSPS) is 19.4. The van der Waals surface area contributed by atoms with Crippen LogP contribution in [0.5, 0.6) is 0 Å². The molecule has 37 heavy (non-hydrogen) atoms. The van der Waals surface area contributed by atoms with E-state index in [-0.39, 0.29) is 29.5 Å². The summed E-state index contributed by atoms with van der Waals surface area (Å²) >= 11 is 2.72. The molecule has 190 valence electrons. The van der Waals surface area contributed by atoms with Gasteiger partial charge in [-0.05, 0) is 12.1 Å². The maximum absolute atomic E-state index is 13.1. The average molecular weight is 542 g/mol. The average Bonchev–Trinajstić information content (AvgIpc) is 3.24. The molecular weight excluding hydrogens is 520 g/mol. The van der Waals surface area contributed by atoms with E-state index in [1.54, 1.807) is 22.9 Å². The highest BCUT2D eigenvalue weighted by Gasteiger charge is 2.54. The number of carboxylic acids is 1. The quantitative estimate of drug-likeness (QED) is 0.136. The number of aromatic nitrogens is 3. The number of hydrogen-bond donors (Lipinski definition) is 4. The number of carbonyl (C=O) groups excluding carboxylic acids is 2. The molecule has 2 aliphatic heterocycles. The number of hydrogen-bond acceptors (Lipinski definition) is 11. The Morgan fingerprint density at radius 3 is 2.86 bits per heavy atom. The van der Waals surface area contributed by atoms with Gasteiger partial charge >= 0.3 is 5.97 Å². The summed E-state index contributed by atoms with van der Waals surface area (Å²) in [4.78, 5) is 52.6. The molecule has 1 unspecified atom stereocenters. The molecule has 0 radical (unpaired) electrons. The van der Waals surface area contributed by atoms with E-state index in [4.69, 9.17) is 16.3 Å². The molecule has 3 aromatic rings. The smallest absolute Gasteiger partial charge is 0.352 e. The summed E-state index contributed by atoms with van der Waals surface area (Å²) in [6.07, 6.45) is 3.60. The molecule has 1 saturated heterocycles. The number of nitrogen functional groups attached to an aromatic ring is 2. The molecule has 2 aliphatic rings. The van der Waals surface area contributed by atoms with Gasteiger partial charge in [-0.25, -0.2) is 14.8 Å². The Morgan fingerprint density at radius 2 is 2.14 bits per heavy atom. The van der Waals surface area contributed by atoms with Crippen molar-refractivity contribution in [3.63, 3.8) is 0 Å². The Balaban J connectivity index is 1.36. The summed E-state index contributed by atoms with van der Waals surface area (Å²) in [5, 5.41) is 16.2. The van der Waals surface area contributed by atoms with E-state index in [1.165, 1.54) is 41.2 Å². The number of carbonyl (C=O) groups is 3. The van der Waals surface area contributed by atoms with Gasteiger partial charge in [-0.15, -0.1) is 11.8 Å². The predicted octanol–water partition coefficient (Wildman–Crippen LogP) is -0.0675. The molecular formula is C22H21N8O5S2+. The Bertz CT molecular complexity index is 1500. The Kier molecular flexibility index (Phi) is 6.39. The molecule has 5 rings (SSSR count). The van der Waals surface area contributed by atoms with Gasteiger partial charge in [0.15, 0.2) is 29.8 Å². The highest BCUT2D eigenvalue weighted by atomic mass is 32.2. The van der Waals surface area contributed by atoms with Gasteiger partial charge in [0.2, 0.25) is 0 Å². The van der Waals surface area contributed by atoms with Crippen LogP contribution < -0.4 is 21.4 Å². The van der Waals surface area contributed by atoms with Gasteiger partial charge in [0.1, 0.15) is 41.3 Å². The lowest BCUT2D eigenvalue weighted by Gasteiger charge is -2.49. The molecule has 15 heteroatoms. The third-order valence-corrected chi connectivity index (χ3v) is 7.93. The van der Waals surface area contributed by atoms with Gasteiger partial charge in [0.25, 0.3) is 11.8 Å². The second kappa shape index (κ2) is 9.67. The lowest BCUT2D eigenvalue weighted by Crippen LogP contribution is -2.71. The lowest BCUT2D eigenvalue weighted by atomic mass is 10.0. The van der Waals surface area contributed by atoms with Gasteiger partial charge in [-0.3, -0.25) is 14.5 Å². The molecule has 0 spiro atoms. The second-order valence-electron chi connectivity index (χ2n) is 8.11. The number of fused-ring (bicyclic) bond motifs is 2. The van der Waals surface area contributed by atoms with E-state index in [1.807, 2.05) is 12.3 Å². The van der Waals surface area contributed by atoms with E-state index in [2.05, 4.69) is 20.4 Å². The van der Waals surface area contributed by atoms with Crippen LogP contribution >= 0.6 is 23.1 Å². The molecule has 13 nitrogen and oxygen atoms in total. The summed E-state index contributed by atoms with van der Waals surface area (Å²) in [6.45, 7) is 0.251. The first kappa shape index (κ1) is 24.5. The minimum atomic E-state index is -1.22. The van der Waals surface area contributed by atoms with E-state index in [0.717, 1.165) is 4.70 Å². The molecule has 0 saturated carbocycles. The number of nitrogens with two attached hydrogens (primary N) is 2. The van der Waals surface area contributed by atoms with Crippen molar-refractivity contribution in [2.45, 2.75) is 18.0 Å². The number of nitrogens with one attached hydrogen (secondary N) is 1. The summed E-state index contributed by atoms with van der Waals surface area (Å²) in [5.74, 6) is -1.92. The standard InChI is InChI=1S/C22H20N8O5S2/c1-35-28-15(11-3-2-4-14(23)25-11)18(31)27-16-19(32)30-17(21(33)34)10(9-36-20(16)30)7-29-6-5-13-12(8-29)26-22(24)37-13/h2-6,8,16,20H,7,9H2,1H3,(H5-,23,24,25,26,27,31,33,34)/p+1/t16?,20-/m0/s1. The highest BCUT2D eigenvalue weighted by molar-refractivity contribution is 8.00. The maximum Gasteiger partial charge on any atom is 0.352 e. The number of pyridine rings is 2. The van der Waals surface area contributed by atoms with Gasteiger partial charge in [0.05, 0.1) is 4.70 Å². The zero-order valence-corrected chi connectivity index (χ0v) is 21.0. The van der Waals surface area contributed by atoms with Crippen molar-refractivity contribution in [2.24, 2.45) is 5.16 Å². The van der Waals surface area contributed by atoms with Crippen molar-refractivity contribution in [1.82, 2.24) is 20.2 Å². The SMILES string of the molecule is CON=C(C(=O)NC1C(=O)N2C(C(=O)O)=C(C[n+]3ccc4sc(N)nc4c3)CS[C@@H]12)c1cccc(N)n1. The van der Waals surface area contributed by atoms with Crippen LogP contribution in [0.15, 0.2) is 53.1 Å². The van der Waals surface area contributed by atoms with Crippen LogP contribution in [0.4, 0.5) is 10.9 Å². The lowest BCUT2D eigenvalue weighted by molar-refractivity contribution is -0.687. The van der Waals surface area contributed by atoms with Crippen LogP contribution in [0.2, 0.25) is 0 Å². The van der Waals surface area contributed by atoms with Crippen LogP contribution in [0.25, 0.3) is 10.2 Å². The van der Waals surface area contributed by atoms with E-state index >= 15 is 0 Å². The van der Waals surface area contributed by atoms with E-state index < -0.39 is 29.2 Å². The molecule has 0 bridgehead atoms. The number of anilines is 2. The maximum atomic E-state index is 13.1. The molecule has 0 aromatic carbocycles. The van der Waals surface area contributed by atoms with Crippen molar-refractivity contribution in [3.05, 3.63) is 53.6 Å². The number of amides is 2. The highest BCUT2D eigenvalue weighted by Crippen LogP contribution is 2.40. The summed E-state index contributed by atoms with van der Waals surface area (Å²) in [5.41, 5.74) is 12.7. The monoisotopic (exact) mass is 541 g/mol. The summed E-state index contributed by atoms with van der Waals surface area (Å²) in [7, 11) is 1.28. The van der Waals surface area contributed by atoms with Gasteiger partial charge in [-0.2, -0.15) is 4.57 Å². The fourth-order valence-corrected chi connectivity index (χ4v) is 6.19. The Morgan fingerprint density at radius 1 is 1.32 bits per heavy atom. The van der Waals surface area contributed by atoms with Crippen LogP contribution in [-0.2, 0) is 25.8 Å². The number of β-lactam (4-membered cyclic amide) rings is 1. The molecule has 0 aliphatic carbocycles. The molecule has 6 N–H and O–H groups in total. The van der Waals surface area contributed by atoms with E-state index in [0.29, 0.717) is 22.0 Å². The number of aliphatic carboxylic acids is 1. The second-order valence-corrected chi connectivity index (χ2v) is 10.3. The number of thioether (sulfide) groups is 1. The van der Waals surface area contributed by atoms with Crippen molar-refractivity contribution in [2.75, 3.05) is 24.3 Å². The zero-order valence-electron chi connectivity index (χ0n) is 19.3. The van der Waals surface area contributed by atoms with Crippen LogP contribution in [0.3, 0.4) is 0 Å². The number of nitrogens with zero attached hydrogens (tertiary/aromatic N) is 5. The molecule has 3 aromatic heterocycles. The molecule has 2 amide bonds. The number of oxime groups is 1. The first-order chi connectivity index (χ1) is 17.8. The first-order valence-electron chi connectivity index (χ1n) is 10.9. The number of thiazole rings is 1. The first-order valence-corrected chi connectivity index (χ1v) is 12.7. The van der Waals surface area contributed by atoms with Gasteiger partial charge < -0.3 is 26.7 Å². The van der Waals surface area contributed by atoms with Crippen molar-refractivity contribution >= 4 is 67.8 Å². The van der Waals surface area contributed by atoms with Crippen LogP contribution in [0.1, 0.15) is 5.69 Å². The third-order valence-electron chi connectivity index (χ3n) is 5.72. The number of carboxylic acid groups (broad SMARTS) is 1. The summed E-state index contributed by atoms with van der Waals surface area (Å²) < 4.78 is 2.72. The fourth-order valence-electron chi connectivity index (χ4n) is 4.15. The van der Waals surface area contributed by atoms with Crippen molar-refractivity contribution in [3.8, 4) is 0 Å². The summed E-state index contributed by atoms with van der Waals surface area (Å²) in [6, 6.07) is 5.60. The molecule has 2 atom stereocenters. The van der Waals surface area contributed by atoms with E-state index in [9.17, 15) is 19.5 Å². The largest absolute Gasteiger partial charge is 0.477 e. The van der Waals surface area contributed by atoms with Crippen molar-refractivity contribution < 1.29 is 28.9 Å². The van der Waals surface area contributed by atoms with Crippen LogP contribution in [0, 0.1) is 0 Å².